The lowest BCUT2D eigenvalue weighted by Crippen LogP contribution is -2.44. The molecule has 0 saturated heterocycles. The number of aliphatic hydroxyl groups excluding tert-OH is 1. The minimum Gasteiger partial charge on any atom is -0.394 e. The topological polar surface area (TPSA) is 52.6 Å². The second-order valence-electron chi connectivity index (χ2n) is 5.14. The molecule has 2 unspecified atom stereocenters. The summed E-state index contributed by atoms with van der Waals surface area (Å²) in [5.74, 6) is 0.265. The molecular weight excluding hydrogens is 240 g/mol. The number of aliphatic hydroxyl groups is 1. The fourth-order valence-corrected chi connectivity index (χ4v) is 1.78. The first-order valence-electron chi connectivity index (χ1n) is 6.63. The molecule has 2 N–H and O–H groups in total. The molecule has 1 rings (SSSR count). The highest BCUT2D eigenvalue weighted by atomic mass is 16.3. The molecule has 2 amide bonds. The van der Waals surface area contributed by atoms with E-state index in [-0.39, 0.29) is 24.6 Å². The summed E-state index contributed by atoms with van der Waals surface area (Å²) in [5.41, 5.74) is 2.44. The molecule has 19 heavy (non-hydrogen) atoms. The molecule has 1 aromatic rings. The van der Waals surface area contributed by atoms with Crippen molar-refractivity contribution in [2.24, 2.45) is 0 Å². The average Bonchev–Trinajstić information content (AvgIpc) is 2.42. The van der Waals surface area contributed by atoms with Gasteiger partial charge in [-0.3, -0.25) is 0 Å². The largest absolute Gasteiger partial charge is 0.394 e. The van der Waals surface area contributed by atoms with Crippen LogP contribution in [0.1, 0.15) is 30.9 Å². The molecular formula is C15H24N2O2. The lowest BCUT2D eigenvalue weighted by molar-refractivity contribution is 0.157. The minimum atomic E-state index is -0.172. The zero-order valence-electron chi connectivity index (χ0n) is 12.2. The summed E-state index contributed by atoms with van der Waals surface area (Å²) in [6, 6.07) is 7.98. The SMILES string of the molecule is Cc1cccc(C(C)CNC(=O)N(C)C(C)CO)c1. The Morgan fingerprint density at radius 3 is 2.68 bits per heavy atom. The molecule has 0 bridgehead atoms. The number of carbonyl (C=O) groups excluding carboxylic acids is 1. The molecule has 0 aliphatic heterocycles. The van der Waals surface area contributed by atoms with Gasteiger partial charge in [0.05, 0.1) is 12.6 Å². The zero-order valence-corrected chi connectivity index (χ0v) is 12.2. The number of amides is 2. The van der Waals surface area contributed by atoms with E-state index in [2.05, 4.69) is 37.4 Å². The normalized spacial score (nSPS) is 13.7. The molecule has 0 radical (unpaired) electrons. The van der Waals surface area contributed by atoms with Gasteiger partial charge in [0.2, 0.25) is 0 Å². The van der Waals surface area contributed by atoms with Crippen LogP contribution in [0.25, 0.3) is 0 Å². The van der Waals surface area contributed by atoms with Crippen molar-refractivity contribution in [3.8, 4) is 0 Å². The second-order valence-corrected chi connectivity index (χ2v) is 5.14. The second kappa shape index (κ2) is 7.14. The summed E-state index contributed by atoms with van der Waals surface area (Å²) in [4.78, 5) is 13.4. The average molecular weight is 264 g/mol. The first kappa shape index (κ1) is 15.5. The summed E-state index contributed by atoms with van der Waals surface area (Å²) in [6.07, 6.45) is 0. The van der Waals surface area contributed by atoms with Crippen molar-refractivity contribution in [3.05, 3.63) is 35.4 Å². The lowest BCUT2D eigenvalue weighted by Gasteiger charge is -2.24. The summed E-state index contributed by atoms with van der Waals surface area (Å²) in [6.45, 7) is 6.52. The lowest BCUT2D eigenvalue weighted by atomic mass is 9.99. The summed E-state index contributed by atoms with van der Waals surface area (Å²) >= 11 is 0. The Labute approximate surface area is 115 Å². The molecule has 106 valence electrons. The smallest absolute Gasteiger partial charge is 0.317 e. The Kier molecular flexibility index (Phi) is 5.83. The van der Waals surface area contributed by atoms with Crippen LogP contribution in [-0.4, -0.2) is 42.3 Å². The molecule has 0 fully saturated rings. The molecule has 0 aliphatic rings. The number of urea groups is 1. The van der Waals surface area contributed by atoms with Crippen molar-refractivity contribution in [2.45, 2.75) is 32.7 Å². The first-order valence-corrected chi connectivity index (χ1v) is 6.63. The van der Waals surface area contributed by atoms with Gasteiger partial charge in [-0.1, -0.05) is 36.8 Å². The number of nitrogens with zero attached hydrogens (tertiary/aromatic N) is 1. The van der Waals surface area contributed by atoms with Crippen molar-refractivity contribution >= 4 is 6.03 Å². The molecule has 0 heterocycles. The molecule has 0 saturated carbocycles. The van der Waals surface area contributed by atoms with Gasteiger partial charge in [-0.25, -0.2) is 4.79 Å². The van der Waals surface area contributed by atoms with Crippen LogP contribution in [0.2, 0.25) is 0 Å². The predicted molar refractivity (Wildman–Crippen MR) is 77.3 cm³/mol. The van der Waals surface area contributed by atoms with Crippen LogP contribution in [0.15, 0.2) is 24.3 Å². The van der Waals surface area contributed by atoms with Crippen molar-refractivity contribution < 1.29 is 9.90 Å². The van der Waals surface area contributed by atoms with E-state index in [0.717, 1.165) is 0 Å². The Hall–Kier alpha value is -1.55. The maximum Gasteiger partial charge on any atom is 0.317 e. The quantitative estimate of drug-likeness (QED) is 0.856. The van der Waals surface area contributed by atoms with Gasteiger partial charge in [0, 0.05) is 13.6 Å². The number of likely N-dealkylation sites (N-methyl/N-ethyl adjacent to an activating group) is 1. The first-order chi connectivity index (χ1) is 8.95. The molecule has 1 aromatic carbocycles. The van der Waals surface area contributed by atoms with Crippen LogP contribution in [0.4, 0.5) is 4.79 Å². The van der Waals surface area contributed by atoms with Crippen LogP contribution in [0.3, 0.4) is 0 Å². The van der Waals surface area contributed by atoms with Crippen LogP contribution >= 0.6 is 0 Å². The Morgan fingerprint density at radius 2 is 2.11 bits per heavy atom. The number of hydrogen-bond donors (Lipinski definition) is 2. The standard InChI is InChI=1S/C15H24N2O2/c1-11-6-5-7-14(8-11)12(2)9-16-15(19)17(4)13(3)10-18/h5-8,12-13,18H,9-10H2,1-4H3,(H,16,19). The third-order valence-corrected chi connectivity index (χ3v) is 3.42. The zero-order chi connectivity index (χ0) is 14.4. The monoisotopic (exact) mass is 264 g/mol. The van der Waals surface area contributed by atoms with Gasteiger partial charge in [0.15, 0.2) is 0 Å². The fraction of sp³-hybridized carbons (Fsp3) is 0.533. The van der Waals surface area contributed by atoms with Gasteiger partial charge in [0.1, 0.15) is 0 Å². The Bertz CT molecular complexity index is 420. The van der Waals surface area contributed by atoms with E-state index in [1.165, 1.54) is 16.0 Å². The van der Waals surface area contributed by atoms with Crippen molar-refractivity contribution in [1.82, 2.24) is 10.2 Å². The van der Waals surface area contributed by atoms with Crippen LogP contribution in [-0.2, 0) is 0 Å². The number of carbonyl (C=O) groups is 1. The maximum atomic E-state index is 11.8. The Balaban J connectivity index is 2.50. The van der Waals surface area contributed by atoms with Crippen molar-refractivity contribution in [1.29, 1.82) is 0 Å². The van der Waals surface area contributed by atoms with Crippen molar-refractivity contribution in [3.63, 3.8) is 0 Å². The van der Waals surface area contributed by atoms with E-state index >= 15 is 0 Å². The van der Waals surface area contributed by atoms with Crippen LogP contribution < -0.4 is 5.32 Å². The van der Waals surface area contributed by atoms with E-state index in [1.54, 1.807) is 7.05 Å². The van der Waals surface area contributed by atoms with Crippen LogP contribution in [0.5, 0.6) is 0 Å². The number of nitrogens with one attached hydrogen (secondary N) is 1. The number of rotatable bonds is 5. The molecule has 0 spiro atoms. The molecule has 0 aliphatic carbocycles. The summed E-state index contributed by atoms with van der Waals surface area (Å²) in [5, 5.41) is 11.9. The van der Waals surface area contributed by atoms with Gasteiger partial charge in [-0.05, 0) is 25.3 Å². The van der Waals surface area contributed by atoms with E-state index < -0.39 is 0 Å². The molecule has 4 nitrogen and oxygen atoms in total. The Morgan fingerprint density at radius 1 is 1.42 bits per heavy atom. The third kappa shape index (κ3) is 4.56. The number of aryl methyl sites for hydroxylation is 1. The van der Waals surface area contributed by atoms with E-state index in [4.69, 9.17) is 5.11 Å². The highest BCUT2D eigenvalue weighted by molar-refractivity contribution is 5.74. The minimum absolute atomic E-state index is 0.0304. The van der Waals surface area contributed by atoms with E-state index in [1.807, 2.05) is 13.0 Å². The number of benzene rings is 1. The highest BCUT2D eigenvalue weighted by Gasteiger charge is 2.15. The van der Waals surface area contributed by atoms with Gasteiger partial charge >= 0.3 is 6.03 Å². The molecule has 0 aromatic heterocycles. The molecule has 2 atom stereocenters. The predicted octanol–water partition coefficient (Wildman–Crippen LogP) is 2.12. The van der Waals surface area contributed by atoms with Crippen molar-refractivity contribution in [2.75, 3.05) is 20.2 Å². The van der Waals surface area contributed by atoms with Gasteiger partial charge in [-0.2, -0.15) is 0 Å². The number of hydrogen-bond acceptors (Lipinski definition) is 2. The van der Waals surface area contributed by atoms with Gasteiger partial charge in [-0.15, -0.1) is 0 Å². The highest BCUT2D eigenvalue weighted by Crippen LogP contribution is 2.15. The summed E-state index contributed by atoms with van der Waals surface area (Å²) in [7, 11) is 1.69. The maximum absolute atomic E-state index is 11.8. The fourth-order valence-electron chi connectivity index (χ4n) is 1.78. The van der Waals surface area contributed by atoms with E-state index in [9.17, 15) is 4.79 Å². The van der Waals surface area contributed by atoms with Crippen LogP contribution in [0, 0.1) is 6.92 Å². The van der Waals surface area contributed by atoms with Gasteiger partial charge < -0.3 is 15.3 Å². The third-order valence-electron chi connectivity index (χ3n) is 3.42. The van der Waals surface area contributed by atoms with Gasteiger partial charge in [0.25, 0.3) is 0 Å². The molecule has 4 heteroatoms. The summed E-state index contributed by atoms with van der Waals surface area (Å²) < 4.78 is 0. The van der Waals surface area contributed by atoms with E-state index in [0.29, 0.717) is 6.54 Å².